The third kappa shape index (κ3) is 3.99. The number of nitrogens with one attached hydrogen (secondary N) is 1. The monoisotopic (exact) mass is 463 g/mol. The van der Waals surface area contributed by atoms with Crippen molar-refractivity contribution in [3.8, 4) is 0 Å². The highest BCUT2D eigenvalue weighted by molar-refractivity contribution is 7.89. The molecule has 0 radical (unpaired) electrons. The number of allylic oxidation sites excluding steroid dienone is 2. The van der Waals surface area contributed by atoms with Gasteiger partial charge in [-0.3, -0.25) is 4.79 Å². The fourth-order valence-electron chi connectivity index (χ4n) is 5.33. The quantitative estimate of drug-likeness (QED) is 0.690. The fraction of sp³-hybridized carbons (Fsp3) is 0.385. The molecular formula is C26H29N3O3S. The van der Waals surface area contributed by atoms with E-state index in [4.69, 9.17) is 0 Å². The number of benzene rings is 2. The van der Waals surface area contributed by atoms with E-state index < -0.39 is 10.0 Å². The van der Waals surface area contributed by atoms with Gasteiger partial charge in [-0.25, -0.2) is 0 Å². The first kappa shape index (κ1) is 21.9. The number of sulfonamides is 1. The summed E-state index contributed by atoms with van der Waals surface area (Å²) in [6.45, 7) is 7.00. The number of hydrogen-bond acceptors (Lipinski definition) is 5. The van der Waals surface area contributed by atoms with Crippen molar-refractivity contribution in [1.29, 1.82) is 0 Å². The van der Waals surface area contributed by atoms with Crippen molar-refractivity contribution >= 4 is 21.5 Å². The van der Waals surface area contributed by atoms with E-state index in [2.05, 4.69) is 46.9 Å². The van der Waals surface area contributed by atoms with Crippen molar-refractivity contribution < 1.29 is 13.2 Å². The standard InChI is InChI=1S/C26H29N3O3S/c1-17-8-10-19(11-9-17)33(31,32)28-27-21-14-22-20-7-5-4-6-18(20)12-13-29(22)23-15-26(2,3)16-24(30)25(21)23/h4-11,22,28H,12-16H2,1-3H3/t22-/m1/s1. The number of Topliss-reactive ketones (excluding diaryl/α,β-unsaturated/α-hetero) is 1. The second-order valence-corrected chi connectivity index (χ2v) is 11.8. The normalized spacial score (nSPS) is 23.1. The van der Waals surface area contributed by atoms with Gasteiger partial charge >= 0.3 is 0 Å². The van der Waals surface area contributed by atoms with Crippen LogP contribution in [0.4, 0.5) is 0 Å². The molecule has 172 valence electrons. The van der Waals surface area contributed by atoms with Crippen LogP contribution in [0.15, 0.2) is 69.8 Å². The maximum atomic E-state index is 13.3. The van der Waals surface area contributed by atoms with Crippen LogP contribution < -0.4 is 4.83 Å². The number of hydrazone groups is 1. The number of rotatable bonds is 3. The van der Waals surface area contributed by atoms with Gasteiger partial charge in [-0.15, -0.1) is 0 Å². The second-order valence-electron chi connectivity index (χ2n) is 10.1. The summed E-state index contributed by atoms with van der Waals surface area (Å²) in [7, 11) is -3.83. The van der Waals surface area contributed by atoms with Gasteiger partial charge in [0.1, 0.15) is 0 Å². The first-order valence-electron chi connectivity index (χ1n) is 11.4. The van der Waals surface area contributed by atoms with Gasteiger partial charge in [-0.05, 0) is 48.4 Å². The first-order chi connectivity index (χ1) is 15.6. The summed E-state index contributed by atoms with van der Waals surface area (Å²) < 4.78 is 25.8. The zero-order chi connectivity index (χ0) is 23.4. The van der Waals surface area contributed by atoms with Gasteiger partial charge in [-0.1, -0.05) is 55.8 Å². The molecule has 0 fully saturated rings. The third-order valence-electron chi connectivity index (χ3n) is 6.92. The number of nitrogens with zero attached hydrogens (tertiary/aromatic N) is 2. The average molecular weight is 464 g/mol. The van der Waals surface area contributed by atoms with Crippen molar-refractivity contribution in [1.82, 2.24) is 9.73 Å². The van der Waals surface area contributed by atoms with Crippen LogP contribution in [0.1, 0.15) is 55.8 Å². The second kappa shape index (κ2) is 7.83. The predicted octanol–water partition coefficient (Wildman–Crippen LogP) is 4.28. The highest BCUT2D eigenvalue weighted by Gasteiger charge is 2.44. The minimum atomic E-state index is -3.83. The minimum absolute atomic E-state index is 0.0480. The fourth-order valence-corrected chi connectivity index (χ4v) is 6.16. The molecule has 2 aromatic carbocycles. The van der Waals surface area contributed by atoms with E-state index in [1.54, 1.807) is 24.3 Å². The van der Waals surface area contributed by atoms with Gasteiger partial charge in [0.25, 0.3) is 10.0 Å². The third-order valence-corrected chi connectivity index (χ3v) is 8.14. The molecule has 3 aliphatic rings. The van der Waals surface area contributed by atoms with Crippen molar-refractivity contribution in [2.75, 3.05) is 6.54 Å². The highest BCUT2D eigenvalue weighted by atomic mass is 32.2. The number of hydrogen-bond donors (Lipinski definition) is 1. The smallest absolute Gasteiger partial charge is 0.276 e. The van der Waals surface area contributed by atoms with Gasteiger partial charge in [0.2, 0.25) is 0 Å². The van der Waals surface area contributed by atoms with E-state index >= 15 is 0 Å². The Balaban J connectivity index is 1.57. The molecule has 0 saturated carbocycles. The molecule has 0 unspecified atom stereocenters. The van der Waals surface area contributed by atoms with Crippen LogP contribution in [0, 0.1) is 12.3 Å². The lowest BCUT2D eigenvalue weighted by Gasteiger charge is -2.48. The highest BCUT2D eigenvalue weighted by Crippen LogP contribution is 2.47. The minimum Gasteiger partial charge on any atom is -0.366 e. The Kier molecular flexibility index (Phi) is 5.20. The molecule has 33 heavy (non-hydrogen) atoms. The lowest BCUT2D eigenvalue weighted by atomic mass is 9.71. The lowest BCUT2D eigenvalue weighted by Crippen LogP contribution is -2.46. The summed E-state index contributed by atoms with van der Waals surface area (Å²) in [4.78, 5) is 18.2. The maximum Gasteiger partial charge on any atom is 0.276 e. The van der Waals surface area contributed by atoms with Crippen molar-refractivity contribution in [2.45, 2.75) is 57.4 Å². The molecule has 0 bridgehead atoms. The van der Waals surface area contributed by atoms with E-state index in [0.29, 0.717) is 24.1 Å². The molecule has 2 heterocycles. The summed E-state index contributed by atoms with van der Waals surface area (Å²) in [5, 5.41) is 4.37. The predicted molar refractivity (Wildman–Crippen MR) is 128 cm³/mol. The summed E-state index contributed by atoms with van der Waals surface area (Å²) in [6.07, 6.45) is 2.64. The number of aryl methyl sites for hydroxylation is 1. The summed E-state index contributed by atoms with van der Waals surface area (Å²) >= 11 is 0. The zero-order valence-corrected chi connectivity index (χ0v) is 20.1. The van der Waals surface area contributed by atoms with Crippen LogP contribution in [0.3, 0.4) is 0 Å². The van der Waals surface area contributed by atoms with Crippen molar-refractivity contribution in [3.05, 3.63) is 76.5 Å². The average Bonchev–Trinajstić information content (AvgIpc) is 2.76. The van der Waals surface area contributed by atoms with Crippen LogP contribution in [0.2, 0.25) is 0 Å². The summed E-state index contributed by atoms with van der Waals surface area (Å²) in [6, 6.07) is 15.1. The Morgan fingerprint density at radius 1 is 1.06 bits per heavy atom. The maximum absolute atomic E-state index is 13.3. The van der Waals surface area contributed by atoms with Gasteiger partial charge in [-0.2, -0.15) is 18.4 Å². The van der Waals surface area contributed by atoms with E-state index in [-0.39, 0.29) is 22.1 Å². The molecule has 1 N–H and O–H groups in total. The number of carbonyl (C=O) groups excluding carboxylic acids is 1. The van der Waals surface area contributed by atoms with Crippen molar-refractivity contribution in [2.24, 2.45) is 10.5 Å². The van der Waals surface area contributed by atoms with E-state index in [1.165, 1.54) is 11.1 Å². The Bertz CT molecular complexity index is 1290. The molecule has 6 nitrogen and oxygen atoms in total. The van der Waals surface area contributed by atoms with E-state index in [0.717, 1.165) is 30.6 Å². The van der Waals surface area contributed by atoms with Gasteiger partial charge < -0.3 is 4.90 Å². The zero-order valence-electron chi connectivity index (χ0n) is 19.3. The Morgan fingerprint density at radius 3 is 2.55 bits per heavy atom. The van der Waals surface area contributed by atoms with Gasteiger partial charge in [0, 0.05) is 25.1 Å². The molecule has 5 rings (SSSR count). The number of fused-ring (bicyclic) bond motifs is 4. The largest absolute Gasteiger partial charge is 0.366 e. The summed E-state index contributed by atoms with van der Waals surface area (Å²) in [5.41, 5.74) is 5.55. The molecule has 2 aliphatic heterocycles. The van der Waals surface area contributed by atoms with Gasteiger partial charge in [0.15, 0.2) is 5.78 Å². The number of carbonyl (C=O) groups is 1. The molecule has 0 aromatic heterocycles. The molecule has 0 saturated heterocycles. The van der Waals surface area contributed by atoms with E-state index in [1.807, 2.05) is 13.0 Å². The topological polar surface area (TPSA) is 78.8 Å². The van der Waals surface area contributed by atoms with Crippen LogP contribution in [-0.4, -0.2) is 31.4 Å². The van der Waals surface area contributed by atoms with Gasteiger partial charge in [0.05, 0.1) is 22.2 Å². The molecule has 1 atom stereocenters. The Labute approximate surface area is 195 Å². The molecule has 7 heteroatoms. The molecular weight excluding hydrogens is 434 g/mol. The number of ketones is 1. The van der Waals surface area contributed by atoms with Crippen molar-refractivity contribution in [3.63, 3.8) is 0 Å². The Morgan fingerprint density at radius 2 is 1.79 bits per heavy atom. The molecule has 0 amide bonds. The van der Waals surface area contributed by atoms with Crippen LogP contribution >= 0.6 is 0 Å². The van der Waals surface area contributed by atoms with Crippen LogP contribution in [0.25, 0.3) is 0 Å². The first-order valence-corrected chi connectivity index (χ1v) is 12.9. The van der Waals surface area contributed by atoms with Crippen LogP contribution in [0.5, 0.6) is 0 Å². The SMILES string of the molecule is Cc1ccc(S(=O)(=O)NN=C2C[C@@H]3c4ccccc4CCN3C3=C2C(=O)CC(C)(C)C3)cc1. The molecule has 1 aliphatic carbocycles. The molecule has 0 spiro atoms. The Hall–Kier alpha value is -2.93. The summed E-state index contributed by atoms with van der Waals surface area (Å²) in [5.74, 6) is 0.0480. The lowest BCUT2D eigenvalue weighted by molar-refractivity contribution is -0.118. The molecule has 2 aromatic rings. The van der Waals surface area contributed by atoms with E-state index in [9.17, 15) is 13.2 Å². The van der Waals surface area contributed by atoms with Crippen LogP contribution in [-0.2, 0) is 21.2 Å².